The number of aryl methyl sites for hydroxylation is 1. The fraction of sp³-hybridized carbons (Fsp3) is 0.231. The number of benzene rings is 3. The van der Waals surface area contributed by atoms with Crippen molar-refractivity contribution in [3.8, 4) is 11.1 Å². The largest absolute Gasteiger partial charge is 0.340 e. The van der Waals surface area contributed by atoms with Gasteiger partial charge in [-0.3, -0.25) is 4.79 Å². The van der Waals surface area contributed by atoms with Gasteiger partial charge in [0.15, 0.2) is 0 Å². The topological polar surface area (TPSA) is 49.0 Å². The number of carbonyl (C=O) groups is 1. The maximum atomic E-state index is 14.2. The zero-order valence-electron chi connectivity index (χ0n) is 18.0. The van der Waals surface area contributed by atoms with E-state index in [2.05, 4.69) is 4.98 Å². The second-order valence-corrected chi connectivity index (χ2v) is 8.95. The Morgan fingerprint density at radius 1 is 1.16 bits per heavy atom. The number of carbonyl (C=O) groups excluding carboxylic acids is 1. The molecule has 1 saturated heterocycles. The summed E-state index contributed by atoms with van der Waals surface area (Å²) < 4.78 is 14.2. The summed E-state index contributed by atoms with van der Waals surface area (Å²) in [5.74, 6) is 0.0999. The van der Waals surface area contributed by atoms with E-state index in [0.29, 0.717) is 17.1 Å². The highest BCUT2D eigenvalue weighted by Gasteiger charge is 2.44. The molecule has 0 bridgehead atoms. The molecule has 1 aliphatic rings. The number of hydrogen-bond acceptors (Lipinski definition) is 2. The molecule has 4 nitrogen and oxygen atoms in total. The molecule has 1 atom stereocenters. The quantitative estimate of drug-likeness (QED) is 0.390. The summed E-state index contributed by atoms with van der Waals surface area (Å²) in [5, 5.41) is 0.660. The Labute approximate surface area is 191 Å². The lowest BCUT2D eigenvalue weighted by Crippen LogP contribution is -2.43. The minimum atomic E-state index is -0.630. The van der Waals surface area contributed by atoms with Crippen LogP contribution in [-0.2, 0) is 5.54 Å². The lowest BCUT2D eigenvalue weighted by Gasteiger charge is -2.34. The molecular formula is C26H23ClFN3O. The fourth-order valence-electron chi connectivity index (χ4n) is 4.69. The van der Waals surface area contributed by atoms with Crippen molar-refractivity contribution in [2.24, 2.45) is 0 Å². The third-order valence-electron chi connectivity index (χ3n) is 6.53. The molecular weight excluding hydrogens is 425 g/mol. The zero-order chi connectivity index (χ0) is 22.5. The first-order valence-corrected chi connectivity index (χ1v) is 11.1. The SMILES string of the molecule is Cc1c(Cl)ccc2[nH]c(C3(C)CCCN3C(=O)c3cc(F)ccc3-c3ccccc3)nc12. The van der Waals surface area contributed by atoms with Crippen LogP contribution >= 0.6 is 11.6 Å². The Morgan fingerprint density at radius 3 is 2.72 bits per heavy atom. The summed E-state index contributed by atoms with van der Waals surface area (Å²) in [7, 11) is 0. The van der Waals surface area contributed by atoms with Gasteiger partial charge in [-0.1, -0.05) is 48.0 Å². The molecule has 2 heterocycles. The molecule has 1 amide bonds. The minimum absolute atomic E-state index is 0.196. The van der Waals surface area contributed by atoms with Gasteiger partial charge in [-0.05, 0) is 67.6 Å². The molecule has 4 aromatic rings. The molecule has 1 N–H and O–H groups in total. The number of fused-ring (bicyclic) bond motifs is 1. The molecule has 1 fully saturated rings. The van der Waals surface area contributed by atoms with Gasteiger partial charge in [0.2, 0.25) is 0 Å². The van der Waals surface area contributed by atoms with Gasteiger partial charge in [0.25, 0.3) is 5.91 Å². The number of likely N-dealkylation sites (tertiary alicyclic amines) is 1. The normalized spacial score (nSPS) is 18.4. The van der Waals surface area contributed by atoms with E-state index in [-0.39, 0.29) is 5.91 Å². The number of nitrogens with zero attached hydrogens (tertiary/aromatic N) is 2. The summed E-state index contributed by atoms with van der Waals surface area (Å²) in [4.78, 5) is 23.9. The summed E-state index contributed by atoms with van der Waals surface area (Å²) in [6, 6.07) is 17.8. The van der Waals surface area contributed by atoms with Crippen LogP contribution < -0.4 is 0 Å². The van der Waals surface area contributed by atoms with Gasteiger partial charge in [-0.2, -0.15) is 0 Å². The van der Waals surface area contributed by atoms with Crippen LogP contribution in [0.4, 0.5) is 4.39 Å². The Hall–Kier alpha value is -3.18. The Kier molecular flexibility index (Phi) is 5.01. The molecule has 6 heteroatoms. The Morgan fingerprint density at radius 2 is 1.94 bits per heavy atom. The summed E-state index contributed by atoms with van der Waals surface area (Å²) >= 11 is 6.29. The van der Waals surface area contributed by atoms with Crippen LogP contribution in [-0.4, -0.2) is 27.3 Å². The molecule has 1 aromatic heterocycles. The van der Waals surface area contributed by atoms with Crippen molar-refractivity contribution in [1.29, 1.82) is 0 Å². The first kappa shape index (κ1) is 20.7. The molecule has 5 rings (SSSR count). The molecule has 3 aromatic carbocycles. The van der Waals surface area contributed by atoms with E-state index < -0.39 is 11.4 Å². The van der Waals surface area contributed by atoms with Crippen molar-refractivity contribution < 1.29 is 9.18 Å². The number of imidazole rings is 1. The molecule has 32 heavy (non-hydrogen) atoms. The first-order chi connectivity index (χ1) is 15.4. The summed E-state index contributed by atoms with van der Waals surface area (Å²) in [5.41, 5.74) is 3.93. The van der Waals surface area contributed by atoms with Crippen molar-refractivity contribution in [1.82, 2.24) is 14.9 Å². The first-order valence-electron chi connectivity index (χ1n) is 10.7. The van der Waals surface area contributed by atoms with Crippen molar-refractivity contribution >= 4 is 28.5 Å². The molecule has 0 spiro atoms. The third kappa shape index (κ3) is 3.28. The van der Waals surface area contributed by atoms with Gasteiger partial charge in [0.1, 0.15) is 11.6 Å². The monoisotopic (exact) mass is 447 g/mol. The number of halogens is 2. The number of amides is 1. The number of rotatable bonds is 3. The lowest BCUT2D eigenvalue weighted by molar-refractivity contribution is 0.0606. The average Bonchev–Trinajstić information content (AvgIpc) is 3.42. The highest BCUT2D eigenvalue weighted by atomic mass is 35.5. The van der Waals surface area contributed by atoms with Crippen molar-refractivity contribution in [3.05, 3.63) is 88.5 Å². The van der Waals surface area contributed by atoms with Crippen LogP contribution in [0.2, 0.25) is 5.02 Å². The zero-order valence-corrected chi connectivity index (χ0v) is 18.7. The average molecular weight is 448 g/mol. The molecule has 0 aliphatic carbocycles. The van der Waals surface area contributed by atoms with Crippen molar-refractivity contribution in [2.75, 3.05) is 6.54 Å². The van der Waals surface area contributed by atoms with Gasteiger partial charge < -0.3 is 9.88 Å². The maximum absolute atomic E-state index is 14.2. The predicted molar refractivity (Wildman–Crippen MR) is 125 cm³/mol. The molecule has 1 unspecified atom stereocenters. The van der Waals surface area contributed by atoms with Crippen LogP contribution in [0.15, 0.2) is 60.7 Å². The molecule has 0 saturated carbocycles. The highest BCUT2D eigenvalue weighted by Crippen LogP contribution is 2.40. The molecule has 162 valence electrons. The molecule has 0 radical (unpaired) electrons. The highest BCUT2D eigenvalue weighted by molar-refractivity contribution is 6.32. The Bertz CT molecular complexity index is 1330. The lowest BCUT2D eigenvalue weighted by atomic mass is 9.94. The van der Waals surface area contributed by atoms with Crippen LogP contribution in [0.3, 0.4) is 0 Å². The number of aromatic amines is 1. The minimum Gasteiger partial charge on any atom is -0.340 e. The number of aromatic nitrogens is 2. The van der Waals surface area contributed by atoms with Gasteiger partial charge in [0, 0.05) is 11.6 Å². The number of H-pyrrole nitrogens is 1. The maximum Gasteiger partial charge on any atom is 0.255 e. The van der Waals surface area contributed by atoms with E-state index >= 15 is 0 Å². The van der Waals surface area contributed by atoms with Crippen LogP contribution in [0, 0.1) is 12.7 Å². The van der Waals surface area contributed by atoms with Gasteiger partial charge in [0.05, 0.1) is 22.1 Å². The van der Waals surface area contributed by atoms with Crippen LogP contribution in [0.25, 0.3) is 22.2 Å². The van der Waals surface area contributed by atoms with Crippen LogP contribution in [0.1, 0.15) is 41.5 Å². The van der Waals surface area contributed by atoms with Crippen molar-refractivity contribution in [3.63, 3.8) is 0 Å². The van der Waals surface area contributed by atoms with Gasteiger partial charge in [-0.25, -0.2) is 9.37 Å². The Balaban J connectivity index is 1.59. The van der Waals surface area contributed by atoms with E-state index in [4.69, 9.17) is 16.6 Å². The van der Waals surface area contributed by atoms with Crippen molar-refractivity contribution in [2.45, 2.75) is 32.2 Å². The van der Waals surface area contributed by atoms with Gasteiger partial charge >= 0.3 is 0 Å². The fourth-order valence-corrected chi connectivity index (χ4v) is 4.84. The third-order valence-corrected chi connectivity index (χ3v) is 6.94. The van der Waals surface area contributed by atoms with E-state index in [1.165, 1.54) is 12.1 Å². The van der Waals surface area contributed by atoms with E-state index in [9.17, 15) is 9.18 Å². The predicted octanol–water partition coefficient (Wildman–Crippen LogP) is 6.48. The smallest absolute Gasteiger partial charge is 0.255 e. The van der Waals surface area contributed by atoms with Gasteiger partial charge in [-0.15, -0.1) is 0 Å². The van der Waals surface area contributed by atoms with E-state index in [1.54, 1.807) is 6.07 Å². The number of nitrogens with one attached hydrogen (secondary N) is 1. The second kappa shape index (κ2) is 7.75. The van der Waals surface area contributed by atoms with E-state index in [1.807, 2.05) is 61.2 Å². The van der Waals surface area contributed by atoms with E-state index in [0.717, 1.165) is 46.4 Å². The summed E-state index contributed by atoms with van der Waals surface area (Å²) in [6.45, 7) is 4.54. The standard InChI is InChI=1S/C26H23ClFN3O/c1-16-21(27)11-12-22-23(16)30-25(29-22)26(2)13-6-14-31(26)24(32)20-15-18(28)9-10-19(20)17-7-4-3-5-8-17/h3-5,7-12,15H,6,13-14H2,1-2H3,(H,29,30). The number of hydrogen-bond donors (Lipinski definition) is 1. The summed E-state index contributed by atoms with van der Waals surface area (Å²) in [6.07, 6.45) is 1.61. The second-order valence-electron chi connectivity index (χ2n) is 8.54. The van der Waals surface area contributed by atoms with Crippen LogP contribution in [0.5, 0.6) is 0 Å². The molecule has 1 aliphatic heterocycles.